The predicted octanol–water partition coefficient (Wildman–Crippen LogP) is 4.97. The topological polar surface area (TPSA) is 163 Å². The zero-order valence-electron chi connectivity index (χ0n) is 15.9. The van der Waals surface area contributed by atoms with Crippen LogP contribution in [0.3, 0.4) is 0 Å². The number of phenolic OH excluding ortho intramolecular Hbond substituents is 2. The first kappa shape index (κ1) is 23.1. The van der Waals surface area contributed by atoms with Crippen molar-refractivity contribution in [1.29, 1.82) is 0 Å². The second-order valence-electron chi connectivity index (χ2n) is 6.56. The number of nitro benzene ring substituents is 1. The number of aromatic hydroxyl groups is 2. The van der Waals surface area contributed by atoms with Gasteiger partial charge in [-0.1, -0.05) is 30.3 Å². The molecular weight excluding hydrogens is 478 g/mol. The van der Waals surface area contributed by atoms with E-state index in [0.29, 0.717) is 5.39 Å². The van der Waals surface area contributed by atoms with Gasteiger partial charge in [-0.25, -0.2) is 0 Å². The third-order valence-corrected chi connectivity index (χ3v) is 5.55. The van der Waals surface area contributed by atoms with E-state index in [2.05, 4.69) is 10.2 Å². The molecule has 10 nitrogen and oxygen atoms in total. The number of phenols is 2. The van der Waals surface area contributed by atoms with Crippen molar-refractivity contribution in [3.8, 4) is 11.5 Å². The number of nitro groups is 1. The van der Waals surface area contributed by atoms with Gasteiger partial charge in [-0.15, -0.1) is 10.2 Å². The fourth-order valence-electron chi connectivity index (χ4n) is 3.23. The maximum atomic E-state index is 11.7. The molecule has 0 unspecified atom stereocenters. The van der Waals surface area contributed by atoms with Gasteiger partial charge >= 0.3 is 0 Å². The summed E-state index contributed by atoms with van der Waals surface area (Å²) in [7, 11) is -4.81. The molecule has 0 bridgehead atoms. The molecule has 4 aromatic carbocycles. The molecule has 0 aromatic heterocycles. The van der Waals surface area contributed by atoms with E-state index >= 15 is 0 Å². The first-order chi connectivity index (χ1) is 14.7. The molecule has 0 saturated heterocycles. The van der Waals surface area contributed by atoms with E-state index in [1.807, 2.05) is 0 Å². The van der Waals surface area contributed by atoms with Crippen molar-refractivity contribution >= 4 is 48.7 Å². The van der Waals surface area contributed by atoms with E-state index in [-0.39, 0.29) is 45.3 Å². The average molecular weight is 491 g/mol. The van der Waals surface area contributed by atoms with E-state index in [1.165, 1.54) is 12.1 Å². The molecule has 0 heterocycles. The van der Waals surface area contributed by atoms with Crippen LogP contribution in [0.5, 0.6) is 11.5 Å². The Bertz CT molecular complexity index is 1520. The summed E-state index contributed by atoms with van der Waals surface area (Å²) in [5, 5.41) is 40.8. The van der Waals surface area contributed by atoms with Gasteiger partial charge in [0.1, 0.15) is 27.8 Å². The van der Waals surface area contributed by atoms with Crippen molar-refractivity contribution in [2.45, 2.75) is 4.90 Å². The van der Waals surface area contributed by atoms with Gasteiger partial charge in [-0.2, -0.15) is 8.42 Å². The molecule has 0 aliphatic rings. The summed E-state index contributed by atoms with van der Waals surface area (Å²) in [6, 6.07) is 14.2. The SMILES string of the molecule is O=[N+]([O-])c1ccc2c(/N=N/c3c(O)ccc4ccccc34)c(O)cc(S(=O)(=O)O)c2c1.[Cr]. The normalized spacial score (nSPS) is 11.7. The molecule has 162 valence electrons. The van der Waals surface area contributed by atoms with E-state index in [0.717, 1.165) is 23.6 Å². The number of hydrogen-bond donors (Lipinski definition) is 3. The number of rotatable bonds is 4. The molecule has 0 spiro atoms. The number of benzene rings is 4. The number of fused-ring (bicyclic) bond motifs is 2. The van der Waals surface area contributed by atoms with Gasteiger partial charge in [0.25, 0.3) is 15.8 Å². The quantitative estimate of drug-likeness (QED) is 0.157. The van der Waals surface area contributed by atoms with Crippen LogP contribution in [0.25, 0.3) is 21.5 Å². The van der Waals surface area contributed by atoms with Gasteiger partial charge in [0, 0.05) is 51.7 Å². The monoisotopic (exact) mass is 491 g/mol. The zero-order valence-corrected chi connectivity index (χ0v) is 18.0. The van der Waals surface area contributed by atoms with E-state index in [4.69, 9.17) is 0 Å². The zero-order chi connectivity index (χ0) is 22.3. The van der Waals surface area contributed by atoms with Crippen LogP contribution < -0.4 is 0 Å². The fourth-order valence-corrected chi connectivity index (χ4v) is 3.94. The van der Waals surface area contributed by atoms with Crippen molar-refractivity contribution < 1.29 is 45.5 Å². The van der Waals surface area contributed by atoms with Crippen molar-refractivity contribution in [2.75, 3.05) is 0 Å². The summed E-state index contributed by atoms with van der Waals surface area (Å²) < 4.78 is 33.0. The Labute approximate surface area is 191 Å². The van der Waals surface area contributed by atoms with Crippen molar-refractivity contribution in [3.05, 3.63) is 70.8 Å². The van der Waals surface area contributed by atoms with Gasteiger partial charge in [0.2, 0.25) is 0 Å². The van der Waals surface area contributed by atoms with Crippen LogP contribution in [0.15, 0.2) is 75.8 Å². The van der Waals surface area contributed by atoms with Crippen LogP contribution in [0.1, 0.15) is 0 Å². The third kappa shape index (κ3) is 4.12. The number of nitrogens with zero attached hydrogens (tertiary/aromatic N) is 3. The molecular formula is C20H13CrN3O7S. The second-order valence-corrected chi connectivity index (χ2v) is 7.95. The smallest absolute Gasteiger partial charge is 0.295 e. The first-order valence-corrected chi connectivity index (χ1v) is 10.1. The van der Waals surface area contributed by atoms with Gasteiger partial charge < -0.3 is 10.2 Å². The van der Waals surface area contributed by atoms with Gasteiger partial charge in [0.15, 0.2) is 0 Å². The van der Waals surface area contributed by atoms with Crippen LogP contribution in [0.4, 0.5) is 17.1 Å². The summed E-state index contributed by atoms with van der Waals surface area (Å²) in [5.74, 6) is -0.797. The Kier molecular flexibility index (Phi) is 6.16. The molecule has 0 amide bonds. The Balaban J connectivity index is 0.00000289. The fraction of sp³-hybridized carbons (Fsp3) is 0. The molecule has 0 aliphatic carbocycles. The summed E-state index contributed by atoms with van der Waals surface area (Å²) in [5.41, 5.74) is -0.492. The van der Waals surface area contributed by atoms with Crippen LogP contribution in [-0.4, -0.2) is 28.1 Å². The van der Waals surface area contributed by atoms with Gasteiger partial charge in [-0.3, -0.25) is 14.7 Å². The molecule has 0 fully saturated rings. The van der Waals surface area contributed by atoms with Crippen molar-refractivity contribution in [3.63, 3.8) is 0 Å². The first-order valence-electron chi connectivity index (χ1n) is 8.71. The van der Waals surface area contributed by atoms with Crippen LogP contribution >= 0.6 is 0 Å². The summed E-state index contributed by atoms with van der Waals surface area (Å²) >= 11 is 0. The molecule has 0 aliphatic heterocycles. The molecule has 0 atom stereocenters. The number of hydrogen-bond acceptors (Lipinski definition) is 8. The third-order valence-electron chi connectivity index (χ3n) is 4.65. The molecule has 4 aromatic rings. The van der Waals surface area contributed by atoms with Gasteiger partial charge in [-0.05, 0) is 17.5 Å². The summed E-state index contributed by atoms with van der Waals surface area (Å²) in [6.45, 7) is 0. The van der Waals surface area contributed by atoms with E-state index in [9.17, 15) is 33.3 Å². The van der Waals surface area contributed by atoms with Crippen molar-refractivity contribution in [1.82, 2.24) is 0 Å². The standard InChI is InChI=1S/C20H13N3O7S.Cr/c24-16-8-5-11-3-1-2-4-13(11)19(16)21-22-20-14-7-6-12(23(26)27)9-15(14)18(10-17(20)25)31(28,29)30;/h1-10,24-25H,(H,28,29,30);/b22-21+;. The molecule has 4 rings (SSSR count). The minimum Gasteiger partial charge on any atom is -0.506 e. The van der Waals surface area contributed by atoms with E-state index in [1.54, 1.807) is 30.3 Å². The molecule has 0 saturated carbocycles. The Morgan fingerprint density at radius 3 is 2.12 bits per heavy atom. The van der Waals surface area contributed by atoms with Crippen LogP contribution in [0, 0.1) is 10.1 Å². The van der Waals surface area contributed by atoms with Crippen LogP contribution in [-0.2, 0) is 27.5 Å². The van der Waals surface area contributed by atoms with E-state index < -0.39 is 31.4 Å². The predicted molar refractivity (Wildman–Crippen MR) is 112 cm³/mol. The summed E-state index contributed by atoms with van der Waals surface area (Å²) in [4.78, 5) is 9.67. The summed E-state index contributed by atoms with van der Waals surface area (Å²) in [6.07, 6.45) is 0. The molecule has 12 heteroatoms. The Hall–Kier alpha value is -3.56. The minimum atomic E-state index is -4.81. The maximum absolute atomic E-state index is 11.7. The largest absolute Gasteiger partial charge is 0.506 e. The minimum absolute atomic E-state index is 0. The Morgan fingerprint density at radius 2 is 1.47 bits per heavy atom. The Morgan fingerprint density at radius 1 is 0.812 bits per heavy atom. The maximum Gasteiger partial charge on any atom is 0.295 e. The van der Waals surface area contributed by atoms with Gasteiger partial charge in [0.05, 0.1) is 4.92 Å². The molecule has 0 radical (unpaired) electrons. The van der Waals surface area contributed by atoms with Crippen molar-refractivity contribution in [2.24, 2.45) is 10.2 Å². The van der Waals surface area contributed by atoms with Crippen LogP contribution in [0.2, 0.25) is 0 Å². The molecule has 32 heavy (non-hydrogen) atoms. The number of azo groups is 1. The average Bonchev–Trinajstić information content (AvgIpc) is 2.72. The molecule has 3 N–H and O–H groups in total. The number of non-ortho nitro benzene ring substituents is 1. The second kappa shape index (κ2) is 8.52.